The molecule has 0 unspecified atom stereocenters. The number of ether oxygens (including phenoxy) is 2. The molecule has 0 radical (unpaired) electrons. The van der Waals surface area contributed by atoms with Crippen LogP contribution in [0.15, 0.2) is 6.33 Å². The Bertz CT molecular complexity index is 940. The minimum Gasteiger partial charge on any atom is -0.450 e. The molecule has 31 heavy (non-hydrogen) atoms. The number of fused-ring (bicyclic) bond motifs is 1. The molecule has 1 amide bonds. The normalized spacial score (nSPS) is 27.1. The number of carbonyl (C=O) groups excluding carboxylic acids is 1. The number of aliphatic hydroxyl groups excluding tert-OH is 2. The van der Waals surface area contributed by atoms with E-state index in [1.54, 1.807) is 11.8 Å². The summed E-state index contributed by atoms with van der Waals surface area (Å²) < 4.78 is 24.9. The van der Waals surface area contributed by atoms with Gasteiger partial charge in [-0.1, -0.05) is 0 Å². The highest BCUT2D eigenvalue weighted by Crippen LogP contribution is 2.33. The van der Waals surface area contributed by atoms with Crippen molar-refractivity contribution in [3.8, 4) is 0 Å². The molecular formula is C18H24ClFN6O5. The van der Waals surface area contributed by atoms with E-state index in [4.69, 9.17) is 21.1 Å². The van der Waals surface area contributed by atoms with Crippen LogP contribution < -0.4 is 5.32 Å². The quantitative estimate of drug-likeness (QED) is 0.563. The number of halogens is 2. The molecular weight excluding hydrogens is 435 g/mol. The number of aromatic nitrogens is 4. The molecule has 0 aromatic carbocycles. The van der Waals surface area contributed by atoms with E-state index >= 15 is 0 Å². The van der Waals surface area contributed by atoms with Crippen molar-refractivity contribution in [1.29, 1.82) is 0 Å². The lowest BCUT2D eigenvalue weighted by atomic mass is 10.1. The zero-order chi connectivity index (χ0) is 22.1. The van der Waals surface area contributed by atoms with Crippen LogP contribution in [-0.2, 0) is 9.47 Å². The second-order valence-corrected chi connectivity index (χ2v) is 7.81. The summed E-state index contributed by atoms with van der Waals surface area (Å²) >= 11 is 6.11. The maximum absolute atomic E-state index is 13.0. The average Bonchev–Trinajstić information content (AvgIpc) is 3.29. The maximum Gasteiger partial charge on any atom is 0.409 e. The smallest absolute Gasteiger partial charge is 0.409 e. The lowest BCUT2D eigenvalue weighted by molar-refractivity contribution is -0.0409. The van der Waals surface area contributed by atoms with E-state index in [0.717, 1.165) is 0 Å². The fourth-order valence-corrected chi connectivity index (χ4v) is 4.04. The number of hydrogen-bond acceptors (Lipinski definition) is 9. The van der Waals surface area contributed by atoms with Crippen LogP contribution in [0.5, 0.6) is 0 Å². The Morgan fingerprint density at radius 1 is 1.35 bits per heavy atom. The van der Waals surface area contributed by atoms with E-state index in [2.05, 4.69) is 20.3 Å². The van der Waals surface area contributed by atoms with Gasteiger partial charge in [0, 0.05) is 19.1 Å². The number of piperidine rings is 1. The molecule has 2 fully saturated rings. The molecule has 3 N–H and O–H groups in total. The predicted molar refractivity (Wildman–Crippen MR) is 107 cm³/mol. The first-order chi connectivity index (χ1) is 14.9. The Balaban J connectivity index is 1.52. The topological polar surface area (TPSA) is 135 Å². The van der Waals surface area contributed by atoms with Gasteiger partial charge in [0.2, 0.25) is 5.28 Å². The number of hydrogen-bond donors (Lipinski definition) is 3. The average molecular weight is 459 g/mol. The van der Waals surface area contributed by atoms with E-state index in [9.17, 15) is 19.4 Å². The Morgan fingerprint density at radius 3 is 2.74 bits per heavy atom. The fraction of sp³-hybridized carbons (Fsp3) is 0.667. The largest absolute Gasteiger partial charge is 0.450 e. The number of amides is 1. The summed E-state index contributed by atoms with van der Waals surface area (Å²) in [5, 5.41) is 23.5. The highest BCUT2D eigenvalue weighted by Gasteiger charge is 2.44. The molecule has 2 aromatic heterocycles. The van der Waals surface area contributed by atoms with Gasteiger partial charge in [-0.25, -0.2) is 14.2 Å². The first-order valence-electron chi connectivity index (χ1n) is 10.1. The van der Waals surface area contributed by atoms with Gasteiger partial charge in [0.25, 0.3) is 0 Å². The number of imidazole rings is 1. The molecule has 11 nitrogen and oxygen atoms in total. The Kier molecular flexibility index (Phi) is 6.42. The van der Waals surface area contributed by atoms with Crippen LogP contribution in [0.3, 0.4) is 0 Å². The molecule has 170 valence electrons. The van der Waals surface area contributed by atoms with Crippen molar-refractivity contribution in [3.05, 3.63) is 11.6 Å². The van der Waals surface area contributed by atoms with Crippen molar-refractivity contribution in [1.82, 2.24) is 24.4 Å². The summed E-state index contributed by atoms with van der Waals surface area (Å²) in [4.78, 5) is 26.2. The molecule has 4 heterocycles. The maximum atomic E-state index is 13.0. The molecule has 0 aliphatic carbocycles. The van der Waals surface area contributed by atoms with Crippen molar-refractivity contribution >= 4 is 34.7 Å². The highest BCUT2D eigenvalue weighted by molar-refractivity contribution is 6.28. The number of aliphatic hydroxyl groups is 2. The van der Waals surface area contributed by atoms with Crippen LogP contribution in [0.25, 0.3) is 11.2 Å². The van der Waals surface area contributed by atoms with Crippen molar-refractivity contribution < 1.29 is 28.9 Å². The van der Waals surface area contributed by atoms with Crippen LogP contribution in [0, 0.1) is 0 Å². The zero-order valence-corrected chi connectivity index (χ0v) is 17.6. The summed E-state index contributed by atoms with van der Waals surface area (Å²) in [5.41, 5.74) is 0.674. The minimum absolute atomic E-state index is 0.0241. The number of nitrogens with one attached hydrogen (secondary N) is 1. The first-order valence-corrected chi connectivity index (χ1v) is 10.5. The fourth-order valence-electron chi connectivity index (χ4n) is 3.88. The number of likely N-dealkylation sites (tertiary alicyclic amines) is 1. The van der Waals surface area contributed by atoms with Crippen molar-refractivity contribution in [2.24, 2.45) is 0 Å². The van der Waals surface area contributed by atoms with Gasteiger partial charge in [-0.2, -0.15) is 9.97 Å². The summed E-state index contributed by atoms with van der Waals surface area (Å²) in [6, 6.07) is 0.0241. The molecule has 2 aromatic rings. The molecule has 4 atom stereocenters. The van der Waals surface area contributed by atoms with E-state index in [1.807, 2.05) is 0 Å². The van der Waals surface area contributed by atoms with Gasteiger partial charge in [-0.05, 0) is 31.4 Å². The second-order valence-electron chi connectivity index (χ2n) is 7.47. The van der Waals surface area contributed by atoms with E-state index < -0.39 is 31.2 Å². The van der Waals surface area contributed by atoms with E-state index in [1.165, 1.54) is 10.9 Å². The Morgan fingerprint density at radius 2 is 2.10 bits per heavy atom. The van der Waals surface area contributed by atoms with Crippen LogP contribution in [0.2, 0.25) is 5.28 Å². The van der Waals surface area contributed by atoms with Crippen LogP contribution in [0.4, 0.5) is 15.0 Å². The number of carbonyl (C=O) groups is 1. The molecule has 2 aliphatic rings. The number of anilines is 1. The monoisotopic (exact) mass is 458 g/mol. The predicted octanol–water partition coefficient (Wildman–Crippen LogP) is 1.10. The van der Waals surface area contributed by atoms with Gasteiger partial charge in [0.1, 0.15) is 25.0 Å². The molecule has 4 rings (SSSR count). The lowest BCUT2D eigenvalue weighted by Gasteiger charge is -2.31. The minimum atomic E-state index is -1.37. The Hall–Kier alpha value is -2.28. The number of alkyl halides is 1. The van der Waals surface area contributed by atoms with Crippen LogP contribution in [0.1, 0.15) is 26.0 Å². The molecule has 2 saturated heterocycles. The van der Waals surface area contributed by atoms with Gasteiger partial charge >= 0.3 is 6.09 Å². The Labute approximate surface area is 182 Å². The summed E-state index contributed by atoms with van der Waals surface area (Å²) in [7, 11) is 0. The van der Waals surface area contributed by atoms with Crippen LogP contribution in [-0.4, -0.2) is 91.4 Å². The molecule has 0 spiro atoms. The number of rotatable bonds is 5. The second kappa shape index (κ2) is 9.07. The lowest BCUT2D eigenvalue weighted by Crippen LogP contribution is -2.42. The van der Waals surface area contributed by atoms with Crippen molar-refractivity contribution in [2.75, 3.05) is 31.7 Å². The number of nitrogens with zero attached hydrogens (tertiary/aromatic N) is 5. The van der Waals surface area contributed by atoms with Crippen molar-refractivity contribution in [3.63, 3.8) is 0 Å². The summed E-state index contributed by atoms with van der Waals surface area (Å²) in [6.45, 7) is 2.24. The third-order valence-corrected chi connectivity index (χ3v) is 5.69. The third kappa shape index (κ3) is 4.25. The van der Waals surface area contributed by atoms with E-state index in [-0.39, 0.29) is 23.1 Å². The van der Waals surface area contributed by atoms with Crippen LogP contribution >= 0.6 is 11.6 Å². The SMILES string of the molecule is CCOC(=O)N1CCC(Nc2nc(Cl)nc3c2ncn3[C@@H]2O[C@H](CF)[C@@H](O)[C@H]2O)CC1. The summed E-state index contributed by atoms with van der Waals surface area (Å²) in [6.07, 6.45) is -2.51. The van der Waals surface area contributed by atoms with Gasteiger partial charge in [-0.15, -0.1) is 0 Å². The van der Waals surface area contributed by atoms with Gasteiger partial charge < -0.3 is 29.9 Å². The van der Waals surface area contributed by atoms with E-state index in [0.29, 0.717) is 43.9 Å². The highest BCUT2D eigenvalue weighted by atomic mass is 35.5. The molecule has 13 heteroatoms. The standard InChI is InChI=1S/C18H24ClFN6O5/c1-2-30-18(29)25-5-3-9(4-6-25)22-14-11-15(24-17(19)23-14)26(8-21-11)16-13(28)12(27)10(7-20)31-16/h8-10,12-13,16,27-28H,2-7H2,1H3,(H,22,23,24)/t10-,12-,13-,16-/m1/s1. The third-order valence-electron chi connectivity index (χ3n) is 5.52. The van der Waals surface area contributed by atoms with Gasteiger partial charge in [-0.3, -0.25) is 4.57 Å². The van der Waals surface area contributed by atoms with Crippen molar-refractivity contribution in [2.45, 2.75) is 50.3 Å². The molecule has 2 aliphatic heterocycles. The van der Waals surface area contributed by atoms with Gasteiger partial charge in [0.05, 0.1) is 12.9 Å². The molecule has 0 saturated carbocycles. The summed E-state index contributed by atoms with van der Waals surface area (Å²) in [5.74, 6) is 0.401. The van der Waals surface area contributed by atoms with Gasteiger partial charge in [0.15, 0.2) is 23.2 Å². The molecule has 0 bridgehead atoms. The zero-order valence-electron chi connectivity index (χ0n) is 16.8. The first kappa shape index (κ1) is 21.9.